The van der Waals surface area contributed by atoms with Crippen molar-refractivity contribution in [2.75, 3.05) is 0 Å². The minimum Gasteiger partial charge on any atom is -0.870 e. The van der Waals surface area contributed by atoms with Gasteiger partial charge in [0.15, 0.2) is 0 Å². The van der Waals surface area contributed by atoms with Crippen molar-refractivity contribution in [3.63, 3.8) is 0 Å². The number of hydrogen-bond acceptors (Lipinski definition) is 20. The second kappa shape index (κ2) is 118. The topological polar surface area (TPSA) is 497 Å². The molecule has 0 aliphatic carbocycles. The molecule has 0 atom stereocenters. The van der Waals surface area contributed by atoms with Crippen LogP contribution in [0.1, 0.15) is 0 Å². The molecule has 0 aliphatic rings. The van der Waals surface area contributed by atoms with E-state index in [0.717, 1.165) is 0 Å². The largest absolute Gasteiger partial charge is 3.00 e. The van der Waals surface area contributed by atoms with Crippen LogP contribution in [0, 0.1) is 0 Å². The average Bonchev–Trinajstić information content (AvgIpc) is 1.94. The van der Waals surface area contributed by atoms with Crippen LogP contribution >= 0.6 is 0 Å². The van der Waals surface area contributed by atoms with E-state index in [0.29, 0.717) is 0 Å². The SMILES string of the molecule is O.O=C([O-])[O-].O=C([O-])[O-].O=C([O-])[O-].O=C([O-])[O-].O=C([O-])[O-].[Al+3].[Al+3].[Al+3].[Ca+2].[Ca+2].[Ca+2].[OH-].[OH-].[OH-].[OH-].[OH-]. The van der Waals surface area contributed by atoms with Gasteiger partial charge < -0.3 is 108 Å². The van der Waals surface area contributed by atoms with Gasteiger partial charge >= 0.3 is 165 Å². The van der Waals surface area contributed by atoms with E-state index in [9.17, 15) is 0 Å². The van der Waals surface area contributed by atoms with E-state index in [1.54, 1.807) is 0 Å². The Kier molecular flexibility index (Phi) is 481. The fourth-order valence-corrected chi connectivity index (χ4v) is 0. The van der Waals surface area contributed by atoms with E-state index in [1.165, 1.54) is 0 Å². The van der Waals surface area contributed by atoms with Crippen molar-refractivity contribution in [1.82, 2.24) is 0 Å². The van der Waals surface area contributed by atoms with Crippen molar-refractivity contribution in [1.29, 1.82) is 0 Å². The predicted octanol–water partition coefficient (Wildman–Crippen LogP) is -16.2. The second-order valence-electron chi connectivity index (χ2n) is 1.25. The van der Waals surface area contributed by atoms with Crippen molar-refractivity contribution in [2.24, 2.45) is 0 Å². The zero-order valence-corrected chi connectivity index (χ0v) is 25.3. The second-order valence-corrected chi connectivity index (χ2v) is 1.25. The summed E-state index contributed by atoms with van der Waals surface area (Å²) in [5, 5.41) is 83.3. The Morgan fingerprint density at radius 1 is 0.312 bits per heavy atom. The van der Waals surface area contributed by atoms with Crippen LogP contribution in [-0.2, 0) is 0 Å². The van der Waals surface area contributed by atoms with Gasteiger partial charge in [-0.05, 0) is 30.8 Å². The van der Waals surface area contributed by atoms with E-state index in [-0.39, 0.29) is 198 Å². The van der Waals surface area contributed by atoms with Gasteiger partial charge in [0.25, 0.3) is 0 Å². The van der Waals surface area contributed by atoms with Crippen LogP contribution in [-0.4, -0.2) is 229 Å². The third kappa shape index (κ3) is 13200. The molecule has 0 amide bonds. The molecule has 0 aromatic heterocycles. The minimum absolute atomic E-state index is 0. The first kappa shape index (κ1) is 130. The van der Waals surface area contributed by atoms with Crippen molar-refractivity contribution in [2.45, 2.75) is 0 Å². The van der Waals surface area contributed by atoms with Gasteiger partial charge in [-0.1, -0.05) is 0 Å². The normalized spacial score (nSPS) is 3.75. The Hall–Kier alpha value is 1.49. The smallest absolute Gasteiger partial charge is 0.870 e. The standard InChI is InChI=1S/5CH2O3.3Al.3Ca.6H2O/c5*2-1(3)4;;;;;;;;;;;;/h5*(H2,2,3,4);;;;;;;6*1H2/q;;;;;3*+3;3*+2;;;;;;/p-15. The molecule has 0 fully saturated rings. The van der Waals surface area contributed by atoms with E-state index in [2.05, 4.69) is 0 Å². The third-order valence-electron chi connectivity index (χ3n) is 0. The zero-order chi connectivity index (χ0) is 17.9. The van der Waals surface area contributed by atoms with Crippen LogP contribution in [0.4, 0.5) is 24.0 Å². The van der Waals surface area contributed by atoms with Gasteiger partial charge in [0.2, 0.25) is 0 Å². The van der Waals surface area contributed by atoms with Crippen molar-refractivity contribution < 1.29 is 108 Å². The first-order chi connectivity index (χ1) is 8.66. The van der Waals surface area contributed by atoms with Crippen LogP contribution in [0.3, 0.4) is 0 Å². The molecule has 32 heavy (non-hydrogen) atoms. The fraction of sp³-hybridized carbons (Fsp3) is 0. The summed E-state index contributed by atoms with van der Waals surface area (Å²) in [6, 6.07) is 0. The molecule has 0 heterocycles. The molecule has 0 spiro atoms. The molecule has 0 bridgehead atoms. The number of hydrogen-bond donors (Lipinski definition) is 0. The van der Waals surface area contributed by atoms with Crippen LogP contribution in [0.5, 0.6) is 0 Å². The van der Waals surface area contributed by atoms with E-state index >= 15 is 0 Å². The first-order valence-corrected chi connectivity index (χ1v) is 3.06. The van der Waals surface area contributed by atoms with E-state index in [4.69, 9.17) is 75.0 Å². The fourth-order valence-electron chi connectivity index (χ4n) is 0. The molecule has 0 rings (SSSR count). The molecule has 0 aromatic rings. The summed E-state index contributed by atoms with van der Waals surface area (Å²) in [6.45, 7) is 0. The molecular formula is C5H7Al3Ca3O21. The van der Waals surface area contributed by atoms with Gasteiger partial charge in [0, 0.05) is 0 Å². The molecule has 0 saturated carbocycles. The predicted molar refractivity (Wildman–Crippen MR) is 74.8 cm³/mol. The summed E-state index contributed by atoms with van der Waals surface area (Å²) in [5.74, 6) is 0. The number of carboxylic acid groups (broad SMARTS) is 10. The Balaban J connectivity index is -0.00000000536. The summed E-state index contributed by atoms with van der Waals surface area (Å²) in [5.41, 5.74) is 0. The Bertz CT molecular complexity index is 231. The van der Waals surface area contributed by atoms with Crippen LogP contribution in [0.15, 0.2) is 0 Å². The molecule has 27 heteroatoms. The monoisotopic (exact) mass is 604 g/mol. The van der Waals surface area contributed by atoms with Gasteiger partial charge in [-0.3, -0.25) is 0 Å². The quantitative estimate of drug-likeness (QED) is 0.231. The van der Waals surface area contributed by atoms with Crippen LogP contribution in [0.2, 0.25) is 0 Å². The van der Waals surface area contributed by atoms with Gasteiger partial charge in [0.05, 0.1) is 0 Å². The molecule has 0 unspecified atom stereocenters. The van der Waals surface area contributed by atoms with Crippen LogP contribution in [0.25, 0.3) is 0 Å². The summed E-state index contributed by atoms with van der Waals surface area (Å²) in [4.78, 5) is 41.7. The molecule has 0 radical (unpaired) electrons. The third-order valence-corrected chi connectivity index (χ3v) is 0. The molecular weight excluding hydrogens is 597 g/mol. The Morgan fingerprint density at radius 3 is 0.312 bits per heavy atom. The van der Waals surface area contributed by atoms with Gasteiger partial charge in [-0.15, -0.1) is 0 Å². The van der Waals surface area contributed by atoms with Crippen molar-refractivity contribution in [3.8, 4) is 0 Å². The molecule has 21 nitrogen and oxygen atoms in total. The summed E-state index contributed by atoms with van der Waals surface area (Å²) >= 11 is 0. The molecule has 0 aromatic carbocycles. The maximum absolute atomic E-state index is 8.33. The zero-order valence-electron chi connectivity index (χ0n) is 15.2. The maximum atomic E-state index is 8.33. The first-order valence-electron chi connectivity index (χ1n) is 3.06. The summed E-state index contributed by atoms with van der Waals surface area (Å²) in [7, 11) is 0. The van der Waals surface area contributed by atoms with Crippen LogP contribution < -0.4 is 51.1 Å². The maximum Gasteiger partial charge on any atom is 3.00 e. The molecule has 0 saturated heterocycles. The summed E-state index contributed by atoms with van der Waals surface area (Å²) < 4.78 is 0. The van der Waals surface area contributed by atoms with Crippen molar-refractivity contribution >= 4 is 196 Å². The average molecular weight is 604 g/mol. The molecule has 168 valence electrons. The Labute approximate surface area is 299 Å². The number of carbonyl (C=O) groups excluding carboxylic acids is 5. The Morgan fingerprint density at radius 2 is 0.312 bits per heavy atom. The van der Waals surface area contributed by atoms with Gasteiger partial charge in [0.1, 0.15) is 0 Å². The van der Waals surface area contributed by atoms with Gasteiger partial charge in [-0.25, -0.2) is 0 Å². The minimum atomic E-state index is -2.33. The number of carbonyl (C=O) groups is 5. The van der Waals surface area contributed by atoms with Crippen molar-refractivity contribution in [3.05, 3.63) is 0 Å². The van der Waals surface area contributed by atoms with E-state index < -0.39 is 30.8 Å². The number of rotatable bonds is 0. The van der Waals surface area contributed by atoms with E-state index in [1.807, 2.05) is 0 Å². The summed E-state index contributed by atoms with van der Waals surface area (Å²) in [6.07, 6.45) is -11.7. The molecule has 0 aliphatic heterocycles. The van der Waals surface area contributed by atoms with Gasteiger partial charge in [-0.2, -0.15) is 0 Å². The molecule has 7 N–H and O–H groups in total.